The van der Waals surface area contributed by atoms with Crippen LogP contribution in [-0.4, -0.2) is 72.5 Å². The molecule has 2 aromatic rings. The van der Waals surface area contributed by atoms with Crippen LogP contribution in [0.2, 0.25) is 0 Å². The average Bonchev–Trinajstić information content (AvgIpc) is 3.12. The number of fused-ring (bicyclic) bond motifs is 1. The molecule has 0 saturated carbocycles. The topological polar surface area (TPSA) is 79.4 Å². The molecule has 32 heavy (non-hydrogen) atoms. The molecule has 0 unspecified atom stereocenters. The van der Waals surface area contributed by atoms with Gasteiger partial charge in [-0.2, -0.15) is 0 Å². The number of benzene rings is 2. The second kappa shape index (κ2) is 8.27. The summed E-state index contributed by atoms with van der Waals surface area (Å²) in [6.07, 6.45) is -0.514. The van der Waals surface area contributed by atoms with Crippen molar-refractivity contribution in [3.63, 3.8) is 0 Å². The monoisotopic (exact) mass is 435 g/mol. The zero-order chi connectivity index (χ0) is 22.2. The first kappa shape index (κ1) is 20.5. The van der Waals surface area contributed by atoms with E-state index in [0.29, 0.717) is 43.4 Å². The van der Waals surface area contributed by atoms with Crippen LogP contribution in [0.5, 0.6) is 11.5 Å². The minimum Gasteiger partial charge on any atom is -0.485 e. The van der Waals surface area contributed by atoms with Crippen molar-refractivity contribution < 1.29 is 23.9 Å². The molecule has 3 amide bonds. The van der Waals surface area contributed by atoms with Gasteiger partial charge in [0.2, 0.25) is 12.0 Å². The minimum absolute atomic E-state index is 0.116. The van der Waals surface area contributed by atoms with Crippen molar-refractivity contribution in [2.24, 2.45) is 0 Å². The second-order valence-electron chi connectivity index (χ2n) is 8.35. The molecule has 0 aromatic heterocycles. The zero-order valence-corrected chi connectivity index (χ0v) is 17.9. The molecule has 2 atom stereocenters. The molecule has 5 rings (SSSR count). The van der Waals surface area contributed by atoms with Crippen LogP contribution in [0.25, 0.3) is 0 Å². The molecule has 0 N–H and O–H groups in total. The minimum atomic E-state index is -0.678. The Bertz CT molecular complexity index is 1050. The highest BCUT2D eigenvalue weighted by Gasteiger charge is 2.44. The van der Waals surface area contributed by atoms with E-state index in [4.69, 9.17) is 9.47 Å². The Hall–Kier alpha value is -3.39. The Kier molecular flexibility index (Phi) is 5.30. The van der Waals surface area contributed by atoms with Gasteiger partial charge in [0.05, 0.1) is 18.2 Å². The van der Waals surface area contributed by atoms with Crippen molar-refractivity contribution in [2.45, 2.75) is 25.5 Å². The van der Waals surface area contributed by atoms with Crippen LogP contribution in [0.15, 0.2) is 48.5 Å². The highest BCUT2D eigenvalue weighted by atomic mass is 16.6. The number of para-hydroxylation sites is 2. The summed E-state index contributed by atoms with van der Waals surface area (Å²) in [5, 5.41) is 0. The number of piperazine rings is 1. The second-order valence-corrected chi connectivity index (χ2v) is 8.35. The normalized spacial score (nSPS) is 23.5. The Morgan fingerprint density at radius 3 is 2.34 bits per heavy atom. The molecule has 3 heterocycles. The van der Waals surface area contributed by atoms with Gasteiger partial charge in [-0.3, -0.25) is 19.3 Å². The predicted molar refractivity (Wildman–Crippen MR) is 117 cm³/mol. The lowest BCUT2D eigenvalue weighted by molar-refractivity contribution is -0.143. The molecule has 3 aliphatic heterocycles. The van der Waals surface area contributed by atoms with Crippen LogP contribution >= 0.6 is 0 Å². The standard InChI is InChI=1S/C24H25N3O5/c1-16-6-8-17(9-7-16)27-22(28)14-18(23(27)29)25-10-12-26(13-11-25)24(30)21-15-31-19-4-2-3-5-20(19)32-21/h2-9,18,21H,10-15H2,1H3/t18-,21-/m0/s1. The maximum Gasteiger partial charge on any atom is 0.267 e. The highest BCUT2D eigenvalue weighted by molar-refractivity contribution is 6.22. The van der Waals surface area contributed by atoms with Gasteiger partial charge in [0, 0.05) is 26.2 Å². The first-order valence-corrected chi connectivity index (χ1v) is 10.9. The first-order valence-electron chi connectivity index (χ1n) is 10.9. The van der Waals surface area contributed by atoms with Crippen molar-refractivity contribution in [3.8, 4) is 11.5 Å². The molecule has 0 bridgehead atoms. The summed E-state index contributed by atoms with van der Waals surface area (Å²) in [7, 11) is 0. The number of rotatable bonds is 3. The Balaban J connectivity index is 1.20. The molecule has 2 fully saturated rings. The van der Waals surface area contributed by atoms with E-state index in [1.807, 2.05) is 42.2 Å². The third-order valence-electron chi connectivity index (χ3n) is 6.27. The summed E-state index contributed by atoms with van der Waals surface area (Å²) < 4.78 is 11.5. The molecular formula is C24H25N3O5. The lowest BCUT2D eigenvalue weighted by Crippen LogP contribution is -2.57. The van der Waals surface area contributed by atoms with Gasteiger partial charge in [0.1, 0.15) is 6.61 Å². The van der Waals surface area contributed by atoms with Crippen LogP contribution in [0.3, 0.4) is 0 Å². The number of aryl methyl sites for hydroxylation is 1. The average molecular weight is 435 g/mol. The smallest absolute Gasteiger partial charge is 0.267 e. The molecule has 3 aliphatic rings. The number of hydrogen-bond donors (Lipinski definition) is 0. The Labute approximate surface area is 186 Å². The number of hydrogen-bond acceptors (Lipinski definition) is 6. The SMILES string of the molecule is Cc1ccc(N2C(=O)C[C@H](N3CCN(C(=O)[C@@H]4COc5ccccc5O4)CC3)C2=O)cc1. The van der Waals surface area contributed by atoms with Crippen LogP contribution in [0.1, 0.15) is 12.0 Å². The van der Waals surface area contributed by atoms with Crippen LogP contribution in [0.4, 0.5) is 5.69 Å². The highest BCUT2D eigenvalue weighted by Crippen LogP contribution is 2.32. The Morgan fingerprint density at radius 2 is 1.62 bits per heavy atom. The molecule has 0 radical (unpaired) electrons. The molecule has 8 nitrogen and oxygen atoms in total. The zero-order valence-electron chi connectivity index (χ0n) is 17.9. The lowest BCUT2D eigenvalue weighted by Gasteiger charge is -2.38. The van der Waals surface area contributed by atoms with E-state index in [2.05, 4.69) is 0 Å². The lowest BCUT2D eigenvalue weighted by atomic mass is 10.1. The molecule has 2 saturated heterocycles. The third kappa shape index (κ3) is 3.71. The number of nitrogens with zero attached hydrogens (tertiary/aromatic N) is 3. The van der Waals surface area contributed by atoms with E-state index >= 15 is 0 Å². The van der Waals surface area contributed by atoms with Gasteiger partial charge in [0.25, 0.3) is 11.8 Å². The largest absolute Gasteiger partial charge is 0.485 e. The van der Waals surface area contributed by atoms with Gasteiger partial charge < -0.3 is 14.4 Å². The van der Waals surface area contributed by atoms with Crippen molar-refractivity contribution in [2.75, 3.05) is 37.7 Å². The third-order valence-corrected chi connectivity index (χ3v) is 6.27. The van der Waals surface area contributed by atoms with E-state index in [0.717, 1.165) is 5.56 Å². The van der Waals surface area contributed by atoms with Crippen molar-refractivity contribution in [1.82, 2.24) is 9.80 Å². The number of imide groups is 1. The van der Waals surface area contributed by atoms with Crippen LogP contribution < -0.4 is 14.4 Å². The number of carbonyl (C=O) groups is 3. The van der Waals surface area contributed by atoms with E-state index in [9.17, 15) is 14.4 Å². The first-order chi connectivity index (χ1) is 15.5. The summed E-state index contributed by atoms with van der Waals surface area (Å²) in [4.78, 5) is 43.6. The van der Waals surface area contributed by atoms with E-state index in [-0.39, 0.29) is 30.7 Å². The summed E-state index contributed by atoms with van der Waals surface area (Å²) >= 11 is 0. The molecule has 8 heteroatoms. The van der Waals surface area contributed by atoms with Crippen molar-refractivity contribution in [3.05, 3.63) is 54.1 Å². The van der Waals surface area contributed by atoms with Gasteiger partial charge in [0.15, 0.2) is 11.5 Å². The van der Waals surface area contributed by atoms with E-state index < -0.39 is 12.1 Å². The summed E-state index contributed by atoms with van der Waals surface area (Å²) in [5.41, 5.74) is 1.68. The molecular weight excluding hydrogens is 410 g/mol. The summed E-state index contributed by atoms with van der Waals surface area (Å²) in [6.45, 7) is 4.15. The quantitative estimate of drug-likeness (QED) is 0.682. The van der Waals surface area contributed by atoms with Gasteiger partial charge in [-0.1, -0.05) is 29.8 Å². The predicted octanol–water partition coefficient (Wildman–Crippen LogP) is 1.61. The van der Waals surface area contributed by atoms with E-state index in [1.165, 1.54) is 4.90 Å². The van der Waals surface area contributed by atoms with Crippen LogP contribution in [-0.2, 0) is 14.4 Å². The fraction of sp³-hybridized carbons (Fsp3) is 0.375. The molecule has 0 aliphatic carbocycles. The molecule has 166 valence electrons. The fourth-order valence-electron chi connectivity index (χ4n) is 4.47. The Morgan fingerprint density at radius 1 is 0.938 bits per heavy atom. The number of carbonyl (C=O) groups excluding carboxylic acids is 3. The van der Waals surface area contributed by atoms with Gasteiger partial charge in [-0.05, 0) is 31.2 Å². The van der Waals surface area contributed by atoms with E-state index in [1.54, 1.807) is 23.1 Å². The van der Waals surface area contributed by atoms with Gasteiger partial charge >= 0.3 is 0 Å². The van der Waals surface area contributed by atoms with Crippen LogP contribution in [0, 0.1) is 6.92 Å². The van der Waals surface area contributed by atoms with Crippen molar-refractivity contribution >= 4 is 23.4 Å². The summed E-state index contributed by atoms with van der Waals surface area (Å²) in [5.74, 6) is 0.716. The van der Waals surface area contributed by atoms with Gasteiger partial charge in [-0.25, -0.2) is 4.90 Å². The molecule has 0 spiro atoms. The maximum atomic E-state index is 13.0. The maximum absolute atomic E-state index is 13.0. The number of anilines is 1. The number of amides is 3. The fourth-order valence-corrected chi connectivity index (χ4v) is 4.47. The summed E-state index contributed by atoms with van der Waals surface area (Å²) in [6, 6.07) is 14.2. The number of ether oxygens (including phenoxy) is 2. The van der Waals surface area contributed by atoms with Gasteiger partial charge in [-0.15, -0.1) is 0 Å². The molecule has 2 aromatic carbocycles. The van der Waals surface area contributed by atoms with Crippen molar-refractivity contribution in [1.29, 1.82) is 0 Å².